The summed E-state index contributed by atoms with van der Waals surface area (Å²) in [6.07, 6.45) is 0. The minimum absolute atomic E-state index is 0.403. The summed E-state index contributed by atoms with van der Waals surface area (Å²) in [4.78, 5) is 10.9. The van der Waals surface area contributed by atoms with Crippen molar-refractivity contribution in [2.45, 2.75) is 0 Å². The summed E-state index contributed by atoms with van der Waals surface area (Å²) in [5.74, 6) is -0.403. The Morgan fingerprint density at radius 1 is 1.42 bits per heavy atom. The second-order valence-electron chi connectivity index (χ2n) is 2.05. The average Bonchev–Trinajstić information content (AvgIpc) is 2.17. The molecule has 0 saturated heterocycles. The Kier molecular flexibility index (Phi) is 3.05. The summed E-state index contributed by atoms with van der Waals surface area (Å²) >= 11 is 1.52. The lowest BCUT2D eigenvalue weighted by atomic mass is 10.1. The Morgan fingerprint density at radius 3 is 2.42 bits per heavy atom. The van der Waals surface area contributed by atoms with E-state index in [-0.39, 0.29) is 0 Å². The lowest BCUT2D eigenvalue weighted by Gasteiger charge is -1.95. The second kappa shape index (κ2) is 4.07. The van der Waals surface area contributed by atoms with Gasteiger partial charge in [0.2, 0.25) is 0 Å². The van der Waals surface area contributed by atoms with Crippen molar-refractivity contribution >= 4 is 29.0 Å². The first kappa shape index (κ1) is 9.00. The summed E-state index contributed by atoms with van der Waals surface area (Å²) < 4.78 is 4.46. The summed E-state index contributed by atoms with van der Waals surface area (Å²) in [5, 5.41) is 8.46. The van der Waals surface area contributed by atoms with Crippen LogP contribution in [0, 0.1) is 11.3 Å². The van der Waals surface area contributed by atoms with Crippen LogP contribution in [0.1, 0.15) is 15.9 Å². The van der Waals surface area contributed by atoms with Crippen LogP contribution in [-0.2, 0) is 3.07 Å². The van der Waals surface area contributed by atoms with Gasteiger partial charge in [0, 0.05) is 0 Å². The van der Waals surface area contributed by atoms with Gasteiger partial charge >= 0.3 is 5.97 Å². The Hall–Kier alpha value is -1.09. The Bertz CT molecular complexity index is 326. The number of nitriles is 1. The Morgan fingerprint density at radius 2 is 2.00 bits per heavy atom. The van der Waals surface area contributed by atoms with Gasteiger partial charge in [-0.25, -0.2) is 4.79 Å². The molecule has 3 nitrogen and oxygen atoms in total. The van der Waals surface area contributed by atoms with E-state index in [4.69, 9.17) is 5.26 Å². The van der Waals surface area contributed by atoms with E-state index in [9.17, 15) is 4.79 Å². The van der Waals surface area contributed by atoms with E-state index < -0.39 is 5.97 Å². The third-order valence-corrected chi connectivity index (χ3v) is 1.72. The normalized spacial score (nSPS) is 8.67. The molecule has 0 unspecified atom stereocenters. The molecular weight excluding hydrogens is 269 g/mol. The van der Waals surface area contributed by atoms with Crippen molar-refractivity contribution in [1.29, 1.82) is 5.26 Å². The molecule has 0 spiro atoms. The topological polar surface area (TPSA) is 50.1 Å². The van der Waals surface area contributed by atoms with Crippen molar-refractivity contribution in [2.24, 2.45) is 0 Å². The number of hydrogen-bond acceptors (Lipinski definition) is 3. The molecule has 0 aromatic heterocycles. The van der Waals surface area contributed by atoms with Gasteiger partial charge in [0.1, 0.15) is 0 Å². The molecule has 0 bridgehead atoms. The van der Waals surface area contributed by atoms with E-state index in [1.54, 1.807) is 24.3 Å². The summed E-state index contributed by atoms with van der Waals surface area (Å²) in [6.45, 7) is 0. The lowest BCUT2D eigenvalue weighted by Crippen LogP contribution is -1.96. The molecular formula is C8H4INO2. The zero-order valence-electron chi connectivity index (χ0n) is 5.95. The smallest absolute Gasteiger partial charge is 0.347 e. The number of nitrogens with zero attached hydrogens (tertiary/aromatic N) is 1. The van der Waals surface area contributed by atoms with E-state index in [2.05, 4.69) is 3.07 Å². The molecule has 12 heavy (non-hydrogen) atoms. The number of benzene rings is 1. The number of carbonyl (C=O) groups is 1. The van der Waals surface area contributed by atoms with Gasteiger partial charge < -0.3 is 3.07 Å². The van der Waals surface area contributed by atoms with Crippen molar-refractivity contribution in [1.82, 2.24) is 0 Å². The van der Waals surface area contributed by atoms with Gasteiger partial charge in [-0.2, -0.15) is 5.26 Å². The van der Waals surface area contributed by atoms with Gasteiger partial charge in [-0.05, 0) is 24.3 Å². The fourth-order valence-electron chi connectivity index (χ4n) is 0.725. The van der Waals surface area contributed by atoms with Crippen LogP contribution in [0.15, 0.2) is 24.3 Å². The van der Waals surface area contributed by atoms with Crippen LogP contribution in [0.25, 0.3) is 0 Å². The molecule has 0 aliphatic heterocycles. The molecule has 0 heterocycles. The van der Waals surface area contributed by atoms with Crippen LogP contribution in [0.2, 0.25) is 0 Å². The van der Waals surface area contributed by atoms with Gasteiger partial charge in [-0.15, -0.1) is 0 Å². The van der Waals surface area contributed by atoms with E-state index in [1.165, 1.54) is 23.0 Å². The highest BCUT2D eigenvalue weighted by Gasteiger charge is 2.04. The fraction of sp³-hybridized carbons (Fsp3) is 0. The van der Waals surface area contributed by atoms with Crippen LogP contribution in [0.4, 0.5) is 0 Å². The van der Waals surface area contributed by atoms with Crippen molar-refractivity contribution in [2.75, 3.05) is 0 Å². The van der Waals surface area contributed by atoms with Crippen LogP contribution in [-0.4, -0.2) is 5.97 Å². The predicted octanol–water partition coefficient (Wildman–Crippen LogP) is 2.07. The SMILES string of the molecule is N#Cc1ccc(C(=O)OI)cc1. The van der Waals surface area contributed by atoms with E-state index in [0.29, 0.717) is 11.1 Å². The molecule has 0 radical (unpaired) electrons. The van der Waals surface area contributed by atoms with Crippen LogP contribution in [0.5, 0.6) is 0 Å². The highest BCUT2D eigenvalue weighted by molar-refractivity contribution is 14.1. The molecule has 60 valence electrons. The molecule has 1 aromatic rings. The van der Waals surface area contributed by atoms with E-state index in [1.807, 2.05) is 6.07 Å². The van der Waals surface area contributed by atoms with E-state index in [0.717, 1.165) is 0 Å². The second-order valence-corrected chi connectivity index (χ2v) is 2.49. The van der Waals surface area contributed by atoms with Gasteiger partial charge in [-0.1, -0.05) is 0 Å². The fourth-order valence-corrected chi connectivity index (χ4v) is 0.980. The van der Waals surface area contributed by atoms with Crippen molar-refractivity contribution < 1.29 is 7.86 Å². The zero-order valence-corrected chi connectivity index (χ0v) is 8.11. The molecule has 0 N–H and O–H groups in total. The van der Waals surface area contributed by atoms with Crippen molar-refractivity contribution in [3.63, 3.8) is 0 Å². The zero-order chi connectivity index (χ0) is 8.97. The summed E-state index contributed by atoms with van der Waals surface area (Å²) in [7, 11) is 0. The molecule has 4 heteroatoms. The quantitative estimate of drug-likeness (QED) is 0.736. The maximum absolute atomic E-state index is 10.9. The van der Waals surface area contributed by atoms with Gasteiger partial charge in [0.05, 0.1) is 17.2 Å². The molecule has 1 rings (SSSR count). The molecule has 0 amide bonds. The highest BCUT2D eigenvalue weighted by Crippen LogP contribution is 2.06. The number of carbonyl (C=O) groups excluding carboxylic acids is 1. The lowest BCUT2D eigenvalue weighted by molar-refractivity contribution is 0.0800. The average molecular weight is 273 g/mol. The first-order chi connectivity index (χ1) is 5.77. The maximum atomic E-state index is 10.9. The van der Waals surface area contributed by atoms with Crippen LogP contribution in [0.3, 0.4) is 0 Å². The highest BCUT2D eigenvalue weighted by atomic mass is 127. The third-order valence-electron chi connectivity index (χ3n) is 1.32. The van der Waals surface area contributed by atoms with E-state index >= 15 is 0 Å². The molecule has 1 aromatic carbocycles. The number of rotatable bonds is 1. The predicted molar refractivity (Wildman–Crippen MR) is 50.6 cm³/mol. The number of hydrogen-bond donors (Lipinski definition) is 0. The van der Waals surface area contributed by atoms with Gasteiger partial charge in [0.15, 0.2) is 23.0 Å². The minimum Gasteiger partial charge on any atom is -0.391 e. The molecule has 0 fully saturated rings. The monoisotopic (exact) mass is 273 g/mol. The van der Waals surface area contributed by atoms with Crippen LogP contribution < -0.4 is 0 Å². The summed E-state index contributed by atoms with van der Waals surface area (Å²) in [5.41, 5.74) is 0.975. The van der Waals surface area contributed by atoms with Crippen molar-refractivity contribution in [3.05, 3.63) is 35.4 Å². The largest absolute Gasteiger partial charge is 0.391 e. The van der Waals surface area contributed by atoms with Crippen LogP contribution >= 0.6 is 23.0 Å². The molecule has 0 aliphatic carbocycles. The Labute approximate surface area is 83.6 Å². The first-order valence-corrected chi connectivity index (χ1v) is 3.99. The molecule has 0 saturated carbocycles. The Balaban J connectivity index is 2.94. The molecule has 0 atom stereocenters. The van der Waals surface area contributed by atoms with Gasteiger partial charge in [0.25, 0.3) is 0 Å². The first-order valence-electron chi connectivity index (χ1n) is 3.11. The minimum atomic E-state index is -0.403. The van der Waals surface area contributed by atoms with Crippen molar-refractivity contribution in [3.8, 4) is 6.07 Å². The maximum Gasteiger partial charge on any atom is 0.347 e. The number of halogens is 1. The standard InChI is InChI=1S/C8H4INO2/c9-12-8(11)7-3-1-6(5-10)2-4-7/h1-4H. The van der Waals surface area contributed by atoms with Gasteiger partial charge in [-0.3, -0.25) is 0 Å². The molecule has 0 aliphatic rings. The summed E-state index contributed by atoms with van der Waals surface area (Å²) in [6, 6.07) is 8.21. The third kappa shape index (κ3) is 1.95.